The third-order valence-electron chi connectivity index (χ3n) is 4.15. The second-order valence-electron chi connectivity index (χ2n) is 6.24. The zero-order valence-corrected chi connectivity index (χ0v) is 17.1. The summed E-state index contributed by atoms with van der Waals surface area (Å²) in [5.41, 5.74) is 3.74. The van der Waals surface area contributed by atoms with Crippen molar-refractivity contribution in [3.63, 3.8) is 0 Å². The van der Waals surface area contributed by atoms with Crippen molar-refractivity contribution < 1.29 is 0 Å². The van der Waals surface area contributed by atoms with Gasteiger partial charge in [0.15, 0.2) is 11.0 Å². The number of benzene rings is 2. The lowest BCUT2D eigenvalue weighted by Gasteiger charge is -2.09. The van der Waals surface area contributed by atoms with E-state index in [0.29, 0.717) is 5.92 Å². The van der Waals surface area contributed by atoms with Crippen LogP contribution in [0.25, 0.3) is 11.4 Å². The number of nitrogens with zero attached hydrogens (tertiary/aromatic N) is 3. The van der Waals surface area contributed by atoms with Crippen molar-refractivity contribution in [2.24, 2.45) is 0 Å². The molecule has 0 radical (unpaired) electrons. The van der Waals surface area contributed by atoms with Gasteiger partial charge in [0.2, 0.25) is 0 Å². The van der Waals surface area contributed by atoms with Crippen LogP contribution in [0, 0.1) is 0 Å². The molecule has 0 amide bonds. The maximum absolute atomic E-state index is 4.44. The molecule has 3 aromatic rings. The topological polar surface area (TPSA) is 30.7 Å². The predicted octanol–water partition coefficient (Wildman–Crippen LogP) is 6.14. The second kappa shape index (κ2) is 8.19. The first-order chi connectivity index (χ1) is 12.1. The summed E-state index contributed by atoms with van der Waals surface area (Å²) in [4.78, 5) is 0. The lowest BCUT2D eigenvalue weighted by Crippen LogP contribution is -2.00. The number of hydrogen-bond donors (Lipinski definition) is 0. The molecule has 130 valence electrons. The van der Waals surface area contributed by atoms with E-state index >= 15 is 0 Å². The molecule has 0 saturated heterocycles. The third-order valence-corrected chi connectivity index (χ3v) is 5.72. The first-order valence-electron chi connectivity index (χ1n) is 8.49. The van der Waals surface area contributed by atoms with Crippen molar-refractivity contribution in [2.75, 3.05) is 0 Å². The summed E-state index contributed by atoms with van der Waals surface area (Å²) in [5, 5.41) is 9.83. The van der Waals surface area contributed by atoms with Crippen LogP contribution < -0.4 is 0 Å². The number of thioether (sulfide) groups is 1. The highest BCUT2D eigenvalue weighted by molar-refractivity contribution is 9.10. The van der Waals surface area contributed by atoms with Gasteiger partial charge < -0.3 is 4.57 Å². The summed E-state index contributed by atoms with van der Waals surface area (Å²) in [6.45, 7) is 7.41. The molecule has 5 heteroatoms. The summed E-state index contributed by atoms with van der Waals surface area (Å²) < 4.78 is 3.29. The monoisotopic (exact) mass is 415 g/mol. The van der Waals surface area contributed by atoms with Crippen LogP contribution in [0.5, 0.6) is 0 Å². The lowest BCUT2D eigenvalue weighted by atomic mass is 10.0. The first-order valence-corrected chi connectivity index (χ1v) is 10.3. The Bertz CT molecular complexity index is 823. The summed E-state index contributed by atoms with van der Waals surface area (Å²) in [5.74, 6) is 2.36. The largest absolute Gasteiger partial charge is 0.302 e. The fourth-order valence-corrected chi connectivity index (χ4v) is 3.86. The van der Waals surface area contributed by atoms with E-state index in [1.165, 1.54) is 11.1 Å². The van der Waals surface area contributed by atoms with Crippen LogP contribution in [-0.2, 0) is 12.3 Å². The van der Waals surface area contributed by atoms with Gasteiger partial charge in [-0.05, 0) is 36.1 Å². The SMILES string of the molecule is CCn1c(SCc2ccc(Br)cc2)nnc1-c1ccc(C(C)C)cc1. The van der Waals surface area contributed by atoms with Crippen molar-refractivity contribution >= 4 is 27.7 Å². The van der Waals surface area contributed by atoms with Crippen molar-refractivity contribution in [1.29, 1.82) is 0 Å². The maximum atomic E-state index is 4.44. The van der Waals surface area contributed by atoms with E-state index in [1.54, 1.807) is 11.8 Å². The van der Waals surface area contributed by atoms with Gasteiger partial charge >= 0.3 is 0 Å². The lowest BCUT2D eigenvalue weighted by molar-refractivity contribution is 0.687. The highest BCUT2D eigenvalue weighted by atomic mass is 79.9. The van der Waals surface area contributed by atoms with E-state index in [4.69, 9.17) is 0 Å². The van der Waals surface area contributed by atoms with Crippen molar-refractivity contribution in [2.45, 2.75) is 44.1 Å². The summed E-state index contributed by atoms with van der Waals surface area (Å²) >= 11 is 5.20. The van der Waals surface area contributed by atoms with Gasteiger partial charge in [-0.2, -0.15) is 0 Å². The standard InChI is InChI=1S/C20H22BrN3S/c1-4-24-19(17-9-7-16(8-10-17)14(2)3)22-23-20(24)25-13-15-5-11-18(21)12-6-15/h5-12,14H,4,13H2,1-3H3. The highest BCUT2D eigenvalue weighted by Crippen LogP contribution is 2.27. The molecule has 0 spiro atoms. The Balaban J connectivity index is 1.79. The minimum Gasteiger partial charge on any atom is -0.302 e. The summed E-state index contributed by atoms with van der Waals surface area (Å²) in [6.07, 6.45) is 0. The zero-order valence-electron chi connectivity index (χ0n) is 14.7. The molecule has 0 bridgehead atoms. The second-order valence-corrected chi connectivity index (χ2v) is 8.10. The van der Waals surface area contributed by atoms with E-state index < -0.39 is 0 Å². The number of aromatic nitrogens is 3. The fourth-order valence-electron chi connectivity index (χ4n) is 2.64. The minimum absolute atomic E-state index is 0.537. The van der Waals surface area contributed by atoms with Crippen LogP contribution in [0.3, 0.4) is 0 Å². The van der Waals surface area contributed by atoms with Crippen LogP contribution in [0.4, 0.5) is 0 Å². The average Bonchev–Trinajstić information content (AvgIpc) is 3.04. The van der Waals surface area contributed by atoms with Crippen LogP contribution in [0.2, 0.25) is 0 Å². The average molecular weight is 416 g/mol. The quantitative estimate of drug-likeness (QED) is 0.452. The predicted molar refractivity (Wildman–Crippen MR) is 109 cm³/mol. The minimum atomic E-state index is 0.537. The highest BCUT2D eigenvalue weighted by Gasteiger charge is 2.13. The molecule has 1 heterocycles. The van der Waals surface area contributed by atoms with E-state index in [1.807, 2.05) is 0 Å². The van der Waals surface area contributed by atoms with Gasteiger partial charge in [-0.25, -0.2) is 0 Å². The molecular formula is C20H22BrN3S. The molecule has 3 rings (SSSR count). The van der Waals surface area contributed by atoms with Crippen molar-refractivity contribution in [1.82, 2.24) is 14.8 Å². The van der Waals surface area contributed by atoms with Crippen LogP contribution in [-0.4, -0.2) is 14.8 Å². The third kappa shape index (κ3) is 4.33. The van der Waals surface area contributed by atoms with Gasteiger partial charge in [0.25, 0.3) is 0 Å². The number of halogens is 1. The van der Waals surface area contributed by atoms with Gasteiger partial charge in [-0.3, -0.25) is 0 Å². The van der Waals surface area contributed by atoms with Crippen molar-refractivity contribution in [3.8, 4) is 11.4 Å². The zero-order chi connectivity index (χ0) is 17.8. The molecule has 0 saturated carbocycles. The molecule has 0 aliphatic heterocycles. The Morgan fingerprint density at radius 2 is 1.68 bits per heavy atom. The Labute approximate surface area is 162 Å². The molecule has 25 heavy (non-hydrogen) atoms. The molecular weight excluding hydrogens is 394 g/mol. The maximum Gasteiger partial charge on any atom is 0.191 e. The van der Waals surface area contributed by atoms with Gasteiger partial charge in [-0.15, -0.1) is 10.2 Å². The number of rotatable bonds is 6. The molecule has 1 aromatic heterocycles. The van der Waals surface area contributed by atoms with Crippen molar-refractivity contribution in [3.05, 3.63) is 64.1 Å². The van der Waals surface area contributed by atoms with Crippen LogP contribution in [0.1, 0.15) is 37.8 Å². The Hall–Kier alpha value is -1.59. The molecule has 3 nitrogen and oxygen atoms in total. The summed E-state index contributed by atoms with van der Waals surface area (Å²) in [7, 11) is 0. The molecule has 0 N–H and O–H groups in total. The van der Waals surface area contributed by atoms with E-state index in [2.05, 4.69) is 100.0 Å². The van der Waals surface area contributed by atoms with Gasteiger partial charge in [0.05, 0.1) is 0 Å². The Morgan fingerprint density at radius 3 is 2.28 bits per heavy atom. The molecule has 0 fully saturated rings. The van der Waals surface area contributed by atoms with Crippen LogP contribution >= 0.6 is 27.7 Å². The van der Waals surface area contributed by atoms with Crippen LogP contribution in [0.15, 0.2) is 58.2 Å². The molecule has 0 aliphatic carbocycles. The normalized spacial score (nSPS) is 11.2. The summed E-state index contributed by atoms with van der Waals surface area (Å²) in [6, 6.07) is 17.1. The number of hydrogen-bond acceptors (Lipinski definition) is 3. The fraction of sp³-hybridized carbons (Fsp3) is 0.300. The smallest absolute Gasteiger partial charge is 0.191 e. The molecule has 0 unspecified atom stereocenters. The van der Waals surface area contributed by atoms with E-state index in [-0.39, 0.29) is 0 Å². The molecule has 0 aliphatic rings. The van der Waals surface area contributed by atoms with Gasteiger partial charge in [-0.1, -0.05) is 77.9 Å². The molecule has 0 atom stereocenters. The first kappa shape index (κ1) is 18.2. The molecule has 2 aromatic carbocycles. The van der Waals surface area contributed by atoms with E-state index in [0.717, 1.165) is 33.3 Å². The van der Waals surface area contributed by atoms with Gasteiger partial charge in [0.1, 0.15) is 0 Å². The van der Waals surface area contributed by atoms with Gasteiger partial charge in [0, 0.05) is 22.3 Å². The Morgan fingerprint density at radius 1 is 1.00 bits per heavy atom. The van der Waals surface area contributed by atoms with E-state index in [9.17, 15) is 0 Å². The Kier molecular flexibility index (Phi) is 5.97.